The van der Waals surface area contributed by atoms with Crippen LogP contribution in [0, 0.1) is 11.6 Å². The number of hydrogen-bond donors (Lipinski definition) is 3. The Labute approximate surface area is 227 Å². The van der Waals surface area contributed by atoms with Crippen LogP contribution in [0.25, 0.3) is 0 Å². The monoisotopic (exact) mass is 556 g/mol. The summed E-state index contributed by atoms with van der Waals surface area (Å²) in [6.07, 6.45) is -0.908. The van der Waals surface area contributed by atoms with Crippen molar-refractivity contribution in [2.24, 2.45) is 0 Å². The Bertz CT molecular complexity index is 1320. The van der Waals surface area contributed by atoms with Gasteiger partial charge < -0.3 is 25.2 Å². The third-order valence-corrected chi connectivity index (χ3v) is 7.51. The number of amides is 2. The number of carbonyl (C=O) groups excluding carboxylic acids is 2. The lowest BCUT2D eigenvalue weighted by Gasteiger charge is -2.47. The molecule has 3 unspecified atom stereocenters. The number of aliphatic hydroxyl groups is 1. The molecule has 11 heteroatoms. The van der Waals surface area contributed by atoms with Gasteiger partial charge in [-0.05, 0) is 66.6 Å². The largest absolute Gasteiger partial charge is 0.484 e. The number of aliphatic hydroxyl groups excluding tert-OH is 1. The molecule has 4 atom stereocenters. The van der Waals surface area contributed by atoms with Gasteiger partial charge in [-0.3, -0.25) is 14.4 Å². The standard InChI is InChI=1S/C28H26F2N2O6S/c1-16(28(36)37)31-24(34)14-38-22-12-4-18(5-13-22)25-26(27(35)32(25)21-10-8-20(30)9-11-21)39-15-23(33)17-2-6-19(29)7-3-17/h2-13,16,23,25-26,33H,14-15H2,1H3,(H,31,34)(H,36,37)/t16-,23?,25?,26?/m0/s1. The van der Waals surface area contributed by atoms with Gasteiger partial charge in [0.25, 0.3) is 5.91 Å². The second-order valence-corrected chi connectivity index (χ2v) is 10.1. The SMILES string of the molecule is C[C@H](NC(=O)COc1ccc(C2C(SCC(O)c3ccc(F)cc3)C(=O)N2c2ccc(F)cc2)cc1)C(=O)O. The van der Waals surface area contributed by atoms with Crippen LogP contribution >= 0.6 is 11.8 Å². The van der Waals surface area contributed by atoms with E-state index in [0.717, 1.165) is 5.56 Å². The molecule has 39 heavy (non-hydrogen) atoms. The van der Waals surface area contributed by atoms with Crippen molar-refractivity contribution in [2.45, 2.75) is 30.4 Å². The van der Waals surface area contributed by atoms with Crippen molar-refractivity contribution in [1.29, 1.82) is 0 Å². The summed E-state index contributed by atoms with van der Waals surface area (Å²) >= 11 is 1.27. The van der Waals surface area contributed by atoms with E-state index < -0.39 is 46.9 Å². The van der Waals surface area contributed by atoms with E-state index in [9.17, 15) is 28.3 Å². The van der Waals surface area contributed by atoms with Gasteiger partial charge in [0.2, 0.25) is 5.91 Å². The highest BCUT2D eigenvalue weighted by molar-refractivity contribution is 8.00. The molecule has 0 radical (unpaired) electrons. The van der Waals surface area contributed by atoms with Gasteiger partial charge in [-0.15, -0.1) is 11.8 Å². The zero-order valence-electron chi connectivity index (χ0n) is 20.8. The highest BCUT2D eigenvalue weighted by Crippen LogP contribution is 2.46. The Morgan fingerprint density at radius 3 is 2.18 bits per heavy atom. The maximum Gasteiger partial charge on any atom is 0.325 e. The second-order valence-electron chi connectivity index (χ2n) is 8.94. The smallest absolute Gasteiger partial charge is 0.325 e. The van der Waals surface area contributed by atoms with Crippen molar-refractivity contribution in [3.8, 4) is 5.75 Å². The van der Waals surface area contributed by atoms with Crippen molar-refractivity contribution in [3.05, 3.63) is 95.6 Å². The third kappa shape index (κ3) is 6.73. The summed E-state index contributed by atoms with van der Waals surface area (Å²) in [5, 5.41) is 21.2. The minimum atomic E-state index is -1.16. The van der Waals surface area contributed by atoms with E-state index in [1.165, 1.54) is 67.2 Å². The summed E-state index contributed by atoms with van der Waals surface area (Å²) in [6.45, 7) is 0.967. The van der Waals surface area contributed by atoms with Gasteiger partial charge >= 0.3 is 5.97 Å². The highest BCUT2D eigenvalue weighted by atomic mass is 32.2. The molecule has 0 bridgehead atoms. The first-order valence-electron chi connectivity index (χ1n) is 12.0. The van der Waals surface area contributed by atoms with Crippen LogP contribution in [-0.4, -0.2) is 51.6 Å². The minimum absolute atomic E-state index is 0.195. The number of ether oxygens (including phenoxy) is 1. The van der Waals surface area contributed by atoms with Gasteiger partial charge in [0, 0.05) is 11.4 Å². The van der Waals surface area contributed by atoms with E-state index in [1.54, 1.807) is 29.2 Å². The first kappa shape index (κ1) is 28.1. The van der Waals surface area contributed by atoms with Gasteiger partial charge in [-0.2, -0.15) is 0 Å². The van der Waals surface area contributed by atoms with Crippen LogP contribution in [0.4, 0.5) is 14.5 Å². The number of aliphatic carboxylic acids is 1. The normalized spacial score (nSPS) is 18.2. The molecule has 8 nitrogen and oxygen atoms in total. The number of β-lactam (4-membered cyclic amide) rings is 1. The topological polar surface area (TPSA) is 116 Å². The summed E-state index contributed by atoms with van der Waals surface area (Å²) in [5.74, 6) is -2.23. The Hall–Kier alpha value is -3.96. The van der Waals surface area contributed by atoms with Crippen molar-refractivity contribution < 1.29 is 38.1 Å². The summed E-state index contributed by atoms with van der Waals surface area (Å²) in [4.78, 5) is 37.5. The maximum atomic E-state index is 13.5. The first-order chi connectivity index (χ1) is 18.6. The summed E-state index contributed by atoms with van der Waals surface area (Å²) < 4.78 is 32.2. The quantitative estimate of drug-likeness (QED) is 0.307. The molecular formula is C28H26F2N2O6S. The molecule has 1 saturated heterocycles. The molecule has 0 spiro atoms. The van der Waals surface area contributed by atoms with Crippen molar-refractivity contribution in [3.63, 3.8) is 0 Å². The van der Waals surface area contributed by atoms with E-state index >= 15 is 0 Å². The van der Waals surface area contributed by atoms with E-state index in [4.69, 9.17) is 9.84 Å². The molecule has 1 fully saturated rings. The Morgan fingerprint density at radius 1 is 1.00 bits per heavy atom. The molecule has 1 aliphatic heterocycles. The number of anilines is 1. The molecule has 2 amide bonds. The molecule has 4 rings (SSSR count). The molecule has 3 aromatic rings. The van der Waals surface area contributed by atoms with E-state index in [2.05, 4.69) is 5.32 Å². The predicted octanol–water partition coefficient (Wildman–Crippen LogP) is 3.86. The number of nitrogens with zero attached hydrogens (tertiary/aromatic N) is 1. The predicted molar refractivity (Wildman–Crippen MR) is 141 cm³/mol. The molecule has 0 aliphatic carbocycles. The van der Waals surface area contributed by atoms with E-state index in [0.29, 0.717) is 17.0 Å². The van der Waals surface area contributed by atoms with Crippen LogP contribution in [0.3, 0.4) is 0 Å². The maximum absolute atomic E-state index is 13.5. The number of carbonyl (C=O) groups is 3. The number of halogens is 2. The average Bonchev–Trinajstić information content (AvgIpc) is 2.92. The molecule has 0 aromatic heterocycles. The zero-order chi connectivity index (χ0) is 28.1. The molecule has 1 heterocycles. The van der Waals surface area contributed by atoms with Crippen molar-refractivity contribution >= 4 is 35.2 Å². The Kier molecular flexibility index (Phi) is 8.82. The fourth-order valence-electron chi connectivity index (χ4n) is 4.07. The van der Waals surface area contributed by atoms with Crippen molar-refractivity contribution in [1.82, 2.24) is 5.32 Å². The molecule has 3 aromatic carbocycles. The van der Waals surface area contributed by atoms with Crippen molar-refractivity contribution in [2.75, 3.05) is 17.3 Å². The highest BCUT2D eigenvalue weighted by Gasteiger charge is 2.49. The summed E-state index contributed by atoms with van der Waals surface area (Å²) in [7, 11) is 0. The third-order valence-electron chi connectivity index (χ3n) is 6.18. The van der Waals surface area contributed by atoms with Crippen LogP contribution in [-0.2, 0) is 14.4 Å². The fourth-order valence-corrected chi connectivity index (χ4v) is 5.37. The van der Waals surface area contributed by atoms with E-state index in [-0.39, 0.29) is 18.3 Å². The molecular weight excluding hydrogens is 530 g/mol. The number of carboxylic acids is 1. The van der Waals surface area contributed by atoms with Crippen LogP contribution in [0.5, 0.6) is 5.75 Å². The van der Waals surface area contributed by atoms with Gasteiger partial charge in [0.1, 0.15) is 28.7 Å². The average molecular weight is 557 g/mol. The van der Waals surface area contributed by atoms with Gasteiger partial charge in [-0.1, -0.05) is 24.3 Å². The van der Waals surface area contributed by atoms with Gasteiger partial charge in [-0.25, -0.2) is 8.78 Å². The second kappa shape index (κ2) is 12.3. The Balaban J connectivity index is 1.47. The number of nitrogens with one attached hydrogen (secondary N) is 1. The van der Waals surface area contributed by atoms with Crippen LogP contribution in [0.1, 0.15) is 30.2 Å². The number of benzene rings is 3. The summed E-state index contributed by atoms with van der Waals surface area (Å²) in [5.41, 5.74) is 1.81. The van der Waals surface area contributed by atoms with Crippen LogP contribution in [0.15, 0.2) is 72.8 Å². The fraction of sp³-hybridized carbons (Fsp3) is 0.250. The van der Waals surface area contributed by atoms with E-state index in [1.807, 2.05) is 0 Å². The Morgan fingerprint density at radius 2 is 1.59 bits per heavy atom. The minimum Gasteiger partial charge on any atom is -0.484 e. The lowest BCUT2D eigenvalue weighted by atomic mass is 9.92. The molecule has 204 valence electrons. The zero-order valence-corrected chi connectivity index (χ0v) is 21.6. The van der Waals surface area contributed by atoms with Gasteiger partial charge in [0.15, 0.2) is 6.61 Å². The number of carboxylic acid groups (broad SMARTS) is 1. The number of rotatable bonds is 11. The van der Waals surface area contributed by atoms with Crippen LogP contribution < -0.4 is 15.0 Å². The molecule has 0 saturated carbocycles. The first-order valence-corrected chi connectivity index (χ1v) is 13.1. The molecule has 3 N–H and O–H groups in total. The van der Waals surface area contributed by atoms with Gasteiger partial charge in [0.05, 0.1) is 12.1 Å². The molecule has 1 aliphatic rings. The van der Waals surface area contributed by atoms with Crippen LogP contribution in [0.2, 0.25) is 0 Å². The summed E-state index contributed by atoms with van der Waals surface area (Å²) in [6, 6.07) is 16.3. The lowest BCUT2D eigenvalue weighted by Crippen LogP contribution is -2.57. The number of thioether (sulfide) groups is 1. The number of hydrogen-bond acceptors (Lipinski definition) is 6. The lowest BCUT2D eigenvalue weighted by molar-refractivity contribution is -0.141.